The van der Waals surface area contributed by atoms with Gasteiger partial charge < -0.3 is 10.2 Å². The molecule has 2 aliphatic rings. The van der Waals surface area contributed by atoms with E-state index in [1.54, 1.807) is 0 Å². The number of amides is 1. The minimum absolute atomic E-state index is 0.208. The predicted molar refractivity (Wildman–Crippen MR) is 80.7 cm³/mol. The van der Waals surface area contributed by atoms with Crippen LogP contribution in [0.1, 0.15) is 12.8 Å². The van der Waals surface area contributed by atoms with E-state index in [-0.39, 0.29) is 5.91 Å². The lowest BCUT2D eigenvalue weighted by Crippen LogP contribution is -2.50. The van der Waals surface area contributed by atoms with Crippen molar-refractivity contribution in [2.45, 2.75) is 12.8 Å². The van der Waals surface area contributed by atoms with Gasteiger partial charge >= 0.3 is 0 Å². The first-order valence-electron chi connectivity index (χ1n) is 7.60. The minimum atomic E-state index is 0.208. The van der Waals surface area contributed by atoms with Crippen molar-refractivity contribution < 1.29 is 4.79 Å². The number of hydrogen-bond donors (Lipinski definition) is 1. The van der Waals surface area contributed by atoms with Crippen LogP contribution in [-0.2, 0) is 4.79 Å². The maximum Gasteiger partial charge on any atom is 0.241 e. The number of rotatable bonds is 5. The smallest absolute Gasteiger partial charge is 0.241 e. The topological polar surface area (TPSA) is 35.6 Å². The Hall–Kier alpha value is -1.55. The molecule has 1 aliphatic carbocycles. The van der Waals surface area contributed by atoms with Gasteiger partial charge in [0.15, 0.2) is 0 Å². The van der Waals surface area contributed by atoms with E-state index < -0.39 is 0 Å². The molecule has 4 heteroatoms. The number of carbonyl (C=O) groups is 1. The molecule has 4 nitrogen and oxygen atoms in total. The van der Waals surface area contributed by atoms with E-state index in [4.69, 9.17) is 0 Å². The molecule has 0 atom stereocenters. The van der Waals surface area contributed by atoms with Crippen molar-refractivity contribution in [3.8, 4) is 0 Å². The molecule has 0 bridgehead atoms. The van der Waals surface area contributed by atoms with Crippen molar-refractivity contribution in [2.24, 2.45) is 5.92 Å². The summed E-state index contributed by atoms with van der Waals surface area (Å²) in [4.78, 5) is 16.6. The Morgan fingerprint density at radius 2 is 1.80 bits per heavy atom. The Balaban J connectivity index is 1.39. The molecule has 1 aromatic rings. The second-order valence-corrected chi connectivity index (χ2v) is 5.84. The van der Waals surface area contributed by atoms with Gasteiger partial charge in [0.1, 0.15) is 0 Å². The number of carbonyl (C=O) groups excluding carboxylic acids is 1. The zero-order chi connectivity index (χ0) is 13.8. The highest BCUT2D eigenvalue weighted by molar-refractivity contribution is 5.81. The third kappa shape index (κ3) is 3.73. The number of piperazine rings is 1. The van der Waals surface area contributed by atoms with E-state index in [0.29, 0.717) is 6.54 Å². The van der Waals surface area contributed by atoms with Gasteiger partial charge in [-0.25, -0.2) is 0 Å². The summed E-state index contributed by atoms with van der Waals surface area (Å²) in [6.07, 6.45) is 2.81. The van der Waals surface area contributed by atoms with E-state index in [1.165, 1.54) is 19.4 Å². The fourth-order valence-corrected chi connectivity index (χ4v) is 2.69. The lowest BCUT2D eigenvalue weighted by Gasteiger charge is -2.34. The molecular formula is C16H23N3O. The molecule has 0 radical (unpaired) electrons. The van der Waals surface area contributed by atoms with E-state index in [0.717, 1.165) is 37.8 Å². The molecule has 1 aliphatic heterocycles. The highest BCUT2D eigenvalue weighted by Gasteiger charge is 2.27. The number of nitrogens with one attached hydrogen (secondary N) is 1. The molecule has 1 heterocycles. The Bertz CT molecular complexity index is 436. The average molecular weight is 273 g/mol. The van der Waals surface area contributed by atoms with Gasteiger partial charge in [-0.05, 0) is 30.9 Å². The Morgan fingerprint density at radius 1 is 1.10 bits per heavy atom. The quantitative estimate of drug-likeness (QED) is 0.886. The van der Waals surface area contributed by atoms with Crippen molar-refractivity contribution in [1.29, 1.82) is 0 Å². The van der Waals surface area contributed by atoms with Crippen LogP contribution in [0.5, 0.6) is 0 Å². The van der Waals surface area contributed by atoms with Gasteiger partial charge in [-0.2, -0.15) is 0 Å². The summed E-state index contributed by atoms with van der Waals surface area (Å²) in [7, 11) is 0. The summed E-state index contributed by atoms with van der Waals surface area (Å²) in [6, 6.07) is 9.90. The minimum Gasteiger partial charge on any atom is -0.376 e. The zero-order valence-corrected chi connectivity index (χ0v) is 11.9. The van der Waals surface area contributed by atoms with Gasteiger partial charge in [-0.15, -0.1) is 0 Å². The maximum absolute atomic E-state index is 12.2. The van der Waals surface area contributed by atoms with E-state index in [9.17, 15) is 4.79 Å². The monoisotopic (exact) mass is 273 g/mol. The van der Waals surface area contributed by atoms with Gasteiger partial charge in [0.25, 0.3) is 0 Å². The molecule has 1 amide bonds. The normalized spacial score (nSPS) is 19.9. The SMILES string of the molecule is O=C(CNc1ccccc1)N1CCN(CC2CC2)CC1. The van der Waals surface area contributed by atoms with Crippen LogP contribution in [-0.4, -0.2) is 55.0 Å². The van der Waals surface area contributed by atoms with Crippen LogP contribution in [0.3, 0.4) is 0 Å². The highest BCUT2D eigenvalue weighted by atomic mass is 16.2. The van der Waals surface area contributed by atoms with Crippen LogP contribution in [0, 0.1) is 5.92 Å². The van der Waals surface area contributed by atoms with Gasteiger partial charge in [-0.1, -0.05) is 18.2 Å². The molecule has 3 rings (SSSR count). The zero-order valence-electron chi connectivity index (χ0n) is 11.9. The third-order valence-corrected chi connectivity index (χ3v) is 4.16. The molecule has 1 aromatic carbocycles. The third-order valence-electron chi connectivity index (χ3n) is 4.16. The fourth-order valence-electron chi connectivity index (χ4n) is 2.69. The van der Waals surface area contributed by atoms with E-state index in [1.807, 2.05) is 35.2 Å². The van der Waals surface area contributed by atoms with Crippen molar-refractivity contribution in [3.63, 3.8) is 0 Å². The predicted octanol–water partition coefficient (Wildman–Crippen LogP) is 1.65. The molecule has 108 valence electrons. The molecule has 1 saturated heterocycles. The Morgan fingerprint density at radius 3 is 2.45 bits per heavy atom. The molecule has 2 fully saturated rings. The Kier molecular flexibility index (Phi) is 4.21. The van der Waals surface area contributed by atoms with Crippen molar-refractivity contribution >= 4 is 11.6 Å². The van der Waals surface area contributed by atoms with Crippen LogP contribution < -0.4 is 5.32 Å². The molecule has 1 N–H and O–H groups in total. The second-order valence-electron chi connectivity index (χ2n) is 5.84. The van der Waals surface area contributed by atoms with Crippen LogP contribution in [0.15, 0.2) is 30.3 Å². The first-order valence-corrected chi connectivity index (χ1v) is 7.60. The highest BCUT2D eigenvalue weighted by Crippen LogP contribution is 2.29. The van der Waals surface area contributed by atoms with Crippen molar-refractivity contribution in [1.82, 2.24) is 9.80 Å². The summed E-state index contributed by atoms with van der Waals surface area (Å²) in [6.45, 7) is 5.46. The molecule has 0 unspecified atom stereocenters. The number of para-hydroxylation sites is 1. The summed E-state index contributed by atoms with van der Waals surface area (Å²) in [5.74, 6) is 1.15. The van der Waals surface area contributed by atoms with E-state index in [2.05, 4.69) is 10.2 Å². The van der Waals surface area contributed by atoms with Crippen molar-refractivity contribution in [3.05, 3.63) is 30.3 Å². The molecule has 0 spiro atoms. The van der Waals surface area contributed by atoms with Crippen molar-refractivity contribution in [2.75, 3.05) is 44.6 Å². The second kappa shape index (κ2) is 6.27. The summed E-state index contributed by atoms with van der Waals surface area (Å²) in [5.41, 5.74) is 1.01. The first-order chi connectivity index (χ1) is 9.81. The van der Waals surface area contributed by atoms with Crippen LogP contribution in [0.25, 0.3) is 0 Å². The van der Waals surface area contributed by atoms with Gasteiger partial charge in [0.2, 0.25) is 5.91 Å². The standard InChI is InChI=1S/C16H23N3O/c20-16(12-17-15-4-2-1-3-5-15)19-10-8-18(9-11-19)13-14-6-7-14/h1-5,14,17H,6-13H2. The van der Waals surface area contributed by atoms with E-state index >= 15 is 0 Å². The summed E-state index contributed by atoms with van der Waals surface area (Å²) in [5, 5.41) is 3.19. The first kappa shape index (κ1) is 13.4. The molecule has 1 saturated carbocycles. The van der Waals surface area contributed by atoms with Crippen LogP contribution in [0.2, 0.25) is 0 Å². The summed E-state index contributed by atoms with van der Waals surface area (Å²) < 4.78 is 0. The molecule has 0 aromatic heterocycles. The van der Waals surface area contributed by atoms with Gasteiger partial charge in [0, 0.05) is 38.4 Å². The van der Waals surface area contributed by atoms with Gasteiger partial charge in [0.05, 0.1) is 6.54 Å². The average Bonchev–Trinajstić information content (AvgIpc) is 3.31. The van der Waals surface area contributed by atoms with Gasteiger partial charge in [-0.3, -0.25) is 9.69 Å². The number of benzene rings is 1. The van der Waals surface area contributed by atoms with Crippen LogP contribution in [0.4, 0.5) is 5.69 Å². The number of nitrogens with zero attached hydrogens (tertiary/aromatic N) is 2. The lowest BCUT2D eigenvalue weighted by molar-refractivity contribution is -0.131. The fraction of sp³-hybridized carbons (Fsp3) is 0.562. The largest absolute Gasteiger partial charge is 0.376 e. The number of anilines is 1. The number of hydrogen-bond acceptors (Lipinski definition) is 3. The molecule has 20 heavy (non-hydrogen) atoms. The summed E-state index contributed by atoms with van der Waals surface area (Å²) >= 11 is 0. The Labute approximate surface area is 120 Å². The lowest BCUT2D eigenvalue weighted by atomic mass is 10.2. The van der Waals surface area contributed by atoms with Crippen LogP contribution >= 0.6 is 0 Å². The molecular weight excluding hydrogens is 250 g/mol. The maximum atomic E-state index is 12.2.